The Labute approximate surface area is 120 Å². The molecule has 0 saturated carbocycles. The summed E-state index contributed by atoms with van der Waals surface area (Å²) < 4.78 is 14.7. The van der Waals surface area contributed by atoms with Gasteiger partial charge in [-0.2, -0.15) is 0 Å². The molecule has 0 aliphatic heterocycles. The molecule has 0 aliphatic carbocycles. The van der Waals surface area contributed by atoms with Gasteiger partial charge in [-0.1, -0.05) is 16.7 Å². The molecule has 0 heterocycles. The molecule has 0 saturated heterocycles. The Morgan fingerprint density at radius 2 is 2.25 bits per heavy atom. The van der Waals surface area contributed by atoms with E-state index < -0.39 is 5.97 Å². The number of rotatable bonds is 6. The molecule has 0 N–H and O–H groups in total. The highest BCUT2D eigenvalue weighted by Gasteiger charge is 2.15. The van der Waals surface area contributed by atoms with E-state index in [9.17, 15) is 4.79 Å². The molecule has 7 nitrogen and oxygen atoms in total. The van der Waals surface area contributed by atoms with E-state index in [4.69, 9.17) is 26.6 Å². The topological polar surface area (TPSA) is 93.5 Å². The van der Waals surface area contributed by atoms with Gasteiger partial charge >= 0.3 is 5.97 Å². The summed E-state index contributed by atoms with van der Waals surface area (Å²) in [5, 5.41) is 3.89. The van der Waals surface area contributed by atoms with Crippen LogP contribution in [0.15, 0.2) is 35.3 Å². The fourth-order valence-corrected chi connectivity index (χ4v) is 1.51. The third-order valence-electron chi connectivity index (χ3n) is 2.16. The highest BCUT2D eigenvalue weighted by atomic mass is 35.5. The second-order valence-electron chi connectivity index (χ2n) is 3.45. The average Bonchev–Trinajstić information content (AvgIpc) is 2.45. The molecule has 0 aliphatic rings. The summed E-state index contributed by atoms with van der Waals surface area (Å²) in [7, 11) is 2.59. The van der Waals surface area contributed by atoms with Gasteiger partial charge in [-0.05, 0) is 23.7 Å². The molecule has 0 unspecified atom stereocenters. The van der Waals surface area contributed by atoms with Crippen molar-refractivity contribution in [3.63, 3.8) is 0 Å². The molecule has 1 aromatic carbocycles. The van der Waals surface area contributed by atoms with Gasteiger partial charge < -0.3 is 14.2 Å². The van der Waals surface area contributed by atoms with E-state index in [-0.39, 0.29) is 12.3 Å². The van der Waals surface area contributed by atoms with Gasteiger partial charge in [0, 0.05) is 15.5 Å². The van der Waals surface area contributed by atoms with Crippen LogP contribution < -0.4 is 4.74 Å². The van der Waals surface area contributed by atoms with E-state index in [1.165, 1.54) is 14.2 Å². The van der Waals surface area contributed by atoms with Crippen LogP contribution >= 0.6 is 11.6 Å². The van der Waals surface area contributed by atoms with Gasteiger partial charge in [0.15, 0.2) is 0 Å². The van der Waals surface area contributed by atoms with Crippen molar-refractivity contribution in [2.75, 3.05) is 14.2 Å². The molecule has 0 bridgehead atoms. The third kappa shape index (κ3) is 4.38. The number of ether oxygens (including phenoxy) is 3. The standard InChI is InChI=1S/C12H12ClN3O4/c1-18-7-11(12(17)19-2)20-10-4-3-9(13)5-8(10)6-15-16-14/h3-5,7H,6H2,1-2H3. The molecule has 0 fully saturated rings. The molecular formula is C12H12ClN3O4. The fraction of sp³-hybridized carbons (Fsp3) is 0.250. The number of halogens is 1. The van der Waals surface area contributed by atoms with Crippen molar-refractivity contribution in [2.24, 2.45) is 5.11 Å². The number of hydrogen-bond donors (Lipinski definition) is 0. The lowest BCUT2D eigenvalue weighted by Crippen LogP contribution is -2.12. The van der Waals surface area contributed by atoms with E-state index in [1.54, 1.807) is 18.2 Å². The van der Waals surface area contributed by atoms with Crippen LogP contribution in [0.25, 0.3) is 10.4 Å². The number of methoxy groups -OCH3 is 2. The normalized spacial score (nSPS) is 10.4. The maximum absolute atomic E-state index is 11.5. The second kappa shape index (κ2) is 7.93. The first-order valence-electron chi connectivity index (χ1n) is 5.40. The molecular weight excluding hydrogens is 286 g/mol. The highest BCUT2D eigenvalue weighted by Crippen LogP contribution is 2.25. The largest absolute Gasteiger partial charge is 0.500 e. The number of carbonyl (C=O) groups excluding carboxylic acids is 1. The zero-order valence-corrected chi connectivity index (χ0v) is 11.6. The van der Waals surface area contributed by atoms with Crippen LogP contribution in [0.5, 0.6) is 5.75 Å². The van der Waals surface area contributed by atoms with Crippen LogP contribution in [0, 0.1) is 0 Å². The average molecular weight is 298 g/mol. The van der Waals surface area contributed by atoms with Gasteiger partial charge in [0.1, 0.15) is 12.0 Å². The molecule has 1 rings (SSSR count). The molecule has 1 aromatic rings. The first-order chi connectivity index (χ1) is 9.62. The number of esters is 1. The van der Waals surface area contributed by atoms with Crippen molar-refractivity contribution >= 4 is 17.6 Å². The summed E-state index contributed by atoms with van der Waals surface area (Å²) in [5.74, 6) is -0.522. The minimum absolute atomic E-state index is 0.0355. The summed E-state index contributed by atoms with van der Waals surface area (Å²) in [6, 6.07) is 4.71. The van der Waals surface area contributed by atoms with Crippen molar-refractivity contribution < 1.29 is 19.0 Å². The Morgan fingerprint density at radius 1 is 1.50 bits per heavy atom. The fourth-order valence-electron chi connectivity index (χ4n) is 1.32. The smallest absolute Gasteiger partial charge is 0.377 e. The molecule has 0 aromatic heterocycles. The van der Waals surface area contributed by atoms with Crippen molar-refractivity contribution in [3.05, 3.63) is 51.2 Å². The van der Waals surface area contributed by atoms with E-state index >= 15 is 0 Å². The lowest BCUT2D eigenvalue weighted by Gasteiger charge is -2.11. The van der Waals surface area contributed by atoms with Gasteiger partial charge in [0.25, 0.3) is 0 Å². The van der Waals surface area contributed by atoms with Gasteiger partial charge in [-0.3, -0.25) is 0 Å². The quantitative estimate of drug-likeness (QED) is 0.201. The summed E-state index contributed by atoms with van der Waals surface area (Å²) >= 11 is 5.86. The maximum atomic E-state index is 11.5. The zero-order chi connectivity index (χ0) is 15.0. The third-order valence-corrected chi connectivity index (χ3v) is 2.39. The Bertz CT molecular complexity index is 568. The Balaban J connectivity index is 3.08. The van der Waals surface area contributed by atoms with E-state index in [0.717, 1.165) is 6.26 Å². The summed E-state index contributed by atoms with van der Waals surface area (Å²) in [6.07, 6.45) is 1.11. The molecule has 0 atom stereocenters. The van der Waals surface area contributed by atoms with Crippen molar-refractivity contribution in [1.29, 1.82) is 0 Å². The number of carbonyl (C=O) groups is 1. The van der Waals surface area contributed by atoms with Crippen molar-refractivity contribution in [1.82, 2.24) is 0 Å². The monoisotopic (exact) mass is 297 g/mol. The highest BCUT2D eigenvalue weighted by molar-refractivity contribution is 6.30. The van der Waals surface area contributed by atoms with Crippen LogP contribution in [-0.4, -0.2) is 20.2 Å². The van der Waals surface area contributed by atoms with Crippen LogP contribution in [0.1, 0.15) is 5.56 Å². The van der Waals surface area contributed by atoms with Crippen LogP contribution in [0.4, 0.5) is 0 Å². The molecule has 8 heteroatoms. The van der Waals surface area contributed by atoms with Crippen LogP contribution in [0.3, 0.4) is 0 Å². The van der Waals surface area contributed by atoms with Gasteiger partial charge in [-0.25, -0.2) is 4.79 Å². The number of nitrogens with zero attached hydrogens (tertiary/aromatic N) is 3. The molecule has 0 radical (unpaired) electrons. The first-order valence-corrected chi connectivity index (χ1v) is 5.78. The minimum atomic E-state index is -0.698. The SMILES string of the molecule is COC=C(Oc1ccc(Cl)cc1CN=[N+]=[N-])C(=O)OC. The minimum Gasteiger partial charge on any atom is -0.500 e. The lowest BCUT2D eigenvalue weighted by atomic mass is 10.2. The van der Waals surface area contributed by atoms with Crippen molar-refractivity contribution in [3.8, 4) is 5.75 Å². The molecule has 0 amide bonds. The molecule has 20 heavy (non-hydrogen) atoms. The van der Waals surface area contributed by atoms with Gasteiger partial charge in [-0.15, -0.1) is 0 Å². The summed E-state index contributed by atoms with van der Waals surface area (Å²) in [4.78, 5) is 14.2. The molecule has 0 spiro atoms. The number of benzene rings is 1. The number of azide groups is 1. The first kappa shape index (κ1) is 15.7. The Hall–Kier alpha value is -2.37. The summed E-state index contributed by atoms with van der Waals surface area (Å²) in [5.41, 5.74) is 8.89. The number of hydrogen-bond acceptors (Lipinski definition) is 5. The zero-order valence-electron chi connectivity index (χ0n) is 10.9. The van der Waals surface area contributed by atoms with Crippen LogP contribution in [0.2, 0.25) is 5.02 Å². The Kier molecular flexibility index (Phi) is 6.22. The predicted molar refractivity (Wildman–Crippen MR) is 72.0 cm³/mol. The Morgan fingerprint density at radius 3 is 2.85 bits per heavy atom. The molecule has 106 valence electrons. The second-order valence-corrected chi connectivity index (χ2v) is 3.89. The lowest BCUT2D eigenvalue weighted by molar-refractivity contribution is -0.138. The predicted octanol–water partition coefficient (Wildman–Crippen LogP) is 3.19. The van der Waals surface area contributed by atoms with Gasteiger partial charge in [0.05, 0.1) is 20.8 Å². The van der Waals surface area contributed by atoms with E-state index in [2.05, 4.69) is 14.8 Å². The van der Waals surface area contributed by atoms with Crippen LogP contribution in [-0.2, 0) is 20.8 Å². The van der Waals surface area contributed by atoms with Gasteiger partial charge in [0.2, 0.25) is 5.76 Å². The van der Waals surface area contributed by atoms with E-state index in [0.29, 0.717) is 16.3 Å². The maximum Gasteiger partial charge on any atom is 0.377 e. The van der Waals surface area contributed by atoms with E-state index in [1.807, 2.05) is 0 Å². The summed E-state index contributed by atoms with van der Waals surface area (Å²) in [6.45, 7) is 0.0355. The van der Waals surface area contributed by atoms with Crippen molar-refractivity contribution in [2.45, 2.75) is 6.54 Å².